The van der Waals surface area contributed by atoms with Gasteiger partial charge in [0.15, 0.2) is 0 Å². The van der Waals surface area contributed by atoms with Crippen LogP contribution in [-0.4, -0.2) is 45.6 Å². The van der Waals surface area contributed by atoms with Gasteiger partial charge in [0.2, 0.25) is 5.91 Å². The van der Waals surface area contributed by atoms with Crippen molar-refractivity contribution in [1.29, 1.82) is 0 Å². The van der Waals surface area contributed by atoms with Crippen molar-refractivity contribution >= 4 is 28.8 Å². The van der Waals surface area contributed by atoms with E-state index in [0.717, 1.165) is 13.1 Å². The Morgan fingerprint density at radius 1 is 1.47 bits per heavy atom. The lowest BCUT2D eigenvalue weighted by molar-refractivity contribution is -0.130. The monoisotopic (exact) mass is 323 g/mol. The fourth-order valence-electron chi connectivity index (χ4n) is 1.66. The Kier molecular flexibility index (Phi) is 5.01. The molecule has 1 rings (SSSR count). The van der Waals surface area contributed by atoms with Crippen molar-refractivity contribution in [2.45, 2.75) is 25.9 Å². The molecule has 0 aliphatic carbocycles. The number of carbonyl (C=O) groups excluding carboxylic acids is 1. The summed E-state index contributed by atoms with van der Waals surface area (Å²) in [5.41, 5.74) is 5.32. The Hall–Kier alpha value is -0.140. The van der Waals surface area contributed by atoms with Gasteiger partial charge in [-0.25, -0.2) is 3.11 Å². The molecule has 86 valence electrons. The summed E-state index contributed by atoms with van der Waals surface area (Å²) in [4.78, 5) is 13.7. The van der Waals surface area contributed by atoms with E-state index in [-0.39, 0.29) is 11.9 Å². The molecule has 15 heavy (non-hydrogen) atoms. The van der Waals surface area contributed by atoms with Crippen molar-refractivity contribution in [1.82, 2.24) is 8.01 Å². The third-order valence-electron chi connectivity index (χ3n) is 2.59. The highest BCUT2D eigenvalue weighted by Gasteiger charge is 2.29. The maximum atomic E-state index is 11.8. The molecule has 2 unspecified atom stereocenters. The van der Waals surface area contributed by atoms with E-state index >= 15 is 0 Å². The number of amides is 1. The van der Waals surface area contributed by atoms with Gasteiger partial charge in [-0.2, -0.15) is 0 Å². The van der Waals surface area contributed by atoms with Crippen molar-refractivity contribution in [2.75, 3.05) is 19.6 Å². The lowest BCUT2D eigenvalue weighted by atomic mass is 10.1. The maximum absolute atomic E-state index is 11.8. The quantitative estimate of drug-likeness (QED) is 0.464. The van der Waals surface area contributed by atoms with Crippen LogP contribution in [0.3, 0.4) is 0 Å². The van der Waals surface area contributed by atoms with E-state index in [1.165, 1.54) is 0 Å². The summed E-state index contributed by atoms with van der Waals surface area (Å²) in [5, 5.41) is 0. The number of piperazine rings is 1. The van der Waals surface area contributed by atoms with Crippen molar-refractivity contribution < 1.29 is 4.79 Å². The van der Waals surface area contributed by atoms with Gasteiger partial charge in [0, 0.05) is 60.7 Å². The molecular weight excluding hydrogens is 305 g/mol. The molecule has 1 saturated heterocycles. The Morgan fingerprint density at radius 3 is 2.73 bits per heavy atom. The average Bonchev–Trinajstić information content (AvgIpc) is 2.20. The second-order valence-electron chi connectivity index (χ2n) is 3.91. The fraction of sp³-hybridized carbons (Fsp3) is 0.700. The number of hydrogen-bond acceptors (Lipinski definition) is 3. The molecule has 0 aromatic rings. The Bertz CT molecular complexity index is 257. The SMILES string of the molecule is CC1CN(C(=O)/C=C/CN)C(C)CN1I. The molecule has 1 amide bonds. The minimum absolute atomic E-state index is 0.0734. The van der Waals surface area contributed by atoms with Crippen molar-refractivity contribution in [2.24, 2.45) is 5.73 Å². The molecule has 1 fully saturated rings. The number of rotatable bonds is 2. The summed E-state index contributed by atoms with van der Waals surface area (Å²) in [6.07, 6.45) is 3.28. The van der Waals surface area contributed by atoms with Gasteiger partial charge in [0.25, 0.3) is 0 Å². The van der Waals surface area contributed by atoms with Crippen LogP contribution in [0.15, 0.2) is 12.2 Å². The summed E-state index contributed by atoms with van der Waals surface area (Å²) < 4.78 is 2.25. The van der Waals surface area contributed by atoms with E-state index in [9.17, 15) is 4.79 Å². The minimum atomic E-state index is 0.0734. The van der Waals surface area contributed by atoms with Crippen molar-refractivity contribution in [3.63, 3.8) is 0 Å². The first-order valence-corrected chi connectivity index (χ1v) is 6.12. The van der Waals surface area contributed by atoms with Crippen molar-refractivity contribution in [3.05, 3.63) is 12.2 Å². The number of carbonyl (C=O) groups is 1. The van der Waals surface area contributed by atoms with Crippen LogP contribution in [0.25, 0.3) is 0 Å². The van der Waals surface area contributed by atoms with Crippen LogP contribution < -0.4 is 5.73 Å². The minimum Gasteiger partial charge on any atom is -0.334 e. The van der Waals surface area contributed by atoms with E-state index in [0.29, 0.717) is 12.6 Å². The van der Waals surface area contributed by atoms with Crippen LogP contribution in [0.4, 0.5) is 0 Å². The van der Waals surface area contributed by atoms with Gasteiger partial charge < -0.3 is 10.6 Å². The zero-order valence-corrected chi connectivity index (χ0v) is 11.3. The summed E-state index contributed by atoms with van der Waals surface area (Å²) >= 11 is 2.32. The third kappa shape index (κ3) is 3.42. The molecule has 1 aliphatic rings. The molecule has 1 heterocycles. The molecule has 0 aromatic heterocycles. The molecule has 0 saturated carbocycles. The molecule has 0 bridgehead atoms. The molecule has 0 spiro atoms. The van der Waals surface area contributed by atoms with Crippen LogP contribution in [0.5, 0.6) is 0 Å². The molecular formula is C10H18IN3O. The Labute approximate surface area is 105 Å². The van der Waals surface area contributed by atoms with Gasteiger partial charge >= 0.3 is 0 Å². The lowest BCUT2D eigenvalue weighted by Crippen LogP contribution is -2.54. The van der Waals surface area contributed by atoms with Gasteiger partial charge in [-0.15, -0.1) is 0 Å². The van der Waals surface area contributed by atoms with E-state index in [1.807, 2.05) is 4.90 Å². The molecule has 4 nitrogen and oxygen atoms in total. The molecule has 0 radical (unpaired) electrons. The second kappa shape index (κ2) is 5.81. The molecule has 2 N–H and O–H groups in total. The number of nitrogens with two attached hydrogens (primary N) is 1. The average molecular weight is 323 g/mol. The topological polar surface area (TPSA) is 49.6 Å². The standard InChI is InChI=1S/C10H18IN3O/c1-8-7-14(11)9(2)6-13(8)10(15)4-3-5-12/h3-4,8-9H,5-7,12H2,1-2H3/b4-3+. The summed E-state index contributed by atoms with van der Waals surface area (Å²) in [7, 11) is 0. The highest BCUT2D eigenvalue weighted by molar-refractivity contribution is 14.1. The predicted molar refractivity (Wildman–Crippen MR) is 69.6 cm³/mol. The third-order valence-corrected chi connectivity index (χ3v) is 3.93. The first-order valence-electron chi connectivity index (χ1n) is 5.16. The van der Waals surface area contributed by atoms with Crippen LogP contribution >= 0.6 is 22.9 Å². The largest absolute Gasteiger partial charge is 0.334 e. The number of halogens is 1. The van der Waals surface area contributed by atoms with E-state index in [4.69, 9.17) is 5.73 Å². The Morgan fingerprint density at radius 2 is 2.13 bits per heavy atom. The van der Waals surface area contributed by atoms with Crippen LogP contribution in [0, 0.1) is 0 Å². The number of hydrogen-bond donors (Lipinski definition) is 1. The van der Waals surface area contributed by atoms with Gasteiger partial charge in [-0.05, 0) is 13.8 Å². The fourth-order valence-corrected chi connectivity index (χ4v) is 2.40. The van der Waals surface area contributed by atoms with E-state index in [1.54, 1.807) is 12.2 Å². The molecule has 1 aliphatic heterocycles. The van der Waals surface area contributed by atoms with Gasteiger partial charge in [0.05, 0.1) is 0 Å². The predicted octanol–water partition coefficient (Wildman–Crippen LogP) is 0.773. The van der Waals surface area contributed by atoms with Crippen LogP contribution in [-0.2, 0) is 4.79 Å². The normalized spacial score (nSPS) is 28.7. The summed E-state index contributed by atoms with van der Waals surface area (Å²) in [6, 6.07) is 0.685. The molecule has 5 heteroatoms. The highest BCUT2D eigenvalue weighted by Crippen LogP contribution is 2.18. The van der Waals surface area contributed by atoms with Crippen LogP contribution in [0.2, 0.25) is 0 Å². The zero-order chi connectivity index (χ0) is 11.4. The van der Waals surface area contributed by atoms with E-state index < -0.39 is 0 Å². The van der Waals surface area contributed by atoms with Crippen molar-refractivity contribution in [3.8, 4) is 0 Å². The van der Waals surface area contributed by atoms with Gasteiger partial charge in [-0.3, -0.25) is 4.79 Å². The first-order chi connectivity index (χ1) is 7.06. The van der Waals surface area contributed by atoms with Gasteiger partial charge in [-0.1, -0.05) is 6.08 Å². The molecule has 0 aromatic carbocycles. The second-order valence-corrected chi connectivity index (χ2v) is 5.15. The smallest absolute Gasteiger partial charge is 0.246 e. The summed E-state index contributed by atoms with van der Waals surface area (Å²) in [6.45, 7) is 6.33. The van der Waals surface area contributed by atoms with Gasteiger partial charge in [0.1, 0.15) is 0 Å². The maximum Gasteiger partial charge on any atom is 0.246 e. The molecule has 2 atom stereocenters. The lowest BCUT2D eigenvalue weighted by Gasteiger charge is -2.40. The first kappa shape index (κ1) is 12.9. The zero-order valence-electron chi connectivity index (χ0n) is 9.19. The number of nitrogens with zero attached hydrogens (tertiary/aromatic N) is 2. The summed E-state index contributed by atoms with van der Waals surface area (Å²) in [5.74, 6) is 0.0734. The highest BCUT2D eigenvalue weighted by atomic mass is 127. The van der Waals surface area contributed by atoms with E-state index in [2.05, 4.69) is 39.8 Å². The Balaban J connectivity index is 2.61. The van der Waals surface area contributed by atoms with Crippen LogP contribution in [0.1, 0.15) is 13.8 Å².